The van der Waals surface area contributed by atoms with E-state index in [1.165, 1.54) is 5.56 Å². The molecule has 1 aromatic rings. The SMILES string of the molecule is CN(CCc1cnn(C)c1)CC1(O)CCOCC1. The summed E-state index contributed by atoms with van der Waals surface area (Å²) in [6, 6.07) is 0. The average Bonchev–Trinajstić information content (AvgIpc) is 2.73. The van der Waals surface area contributed by atoms with Crippen molar-refractivity contribution in [1.82, 2.24) is 14.7 Å². The summed E-state index contributed by atoms with van der Waals surface area (Å²) >= 11 is 0. The molecule has 1 aliphatic rings. The lowest BCUT2D eigenvalue weighted by Gasteiger charge is -2.35. The lowest BCUT2D eigenvalue weighted by atomic mass is 9.94. The molecule has 1 aromatic heterocycles. The summed E-state index contributed by atoms with van der Waals surface area (Å²) in [7, 11) is 3.99. The molecule has 1 fully saturated rings. The molecule has 2 rings (SSSR count). The highest BCUT2D eigenvalue weighted by Crippen LogP contribution is 2.21. The quantitative estimate of drug-likeness (QED) is 0.827. The Balaban J connectivity index is 1.76. The van der Waals surface area contributed by atoms with Gasteiger partial charge in [0.25, 0.3) is 0 Å². The van der Waals surface area contributed by atoms with Crippen LogP contribution < -0.4 is 0 Å². The Kier molecular flexibility index (Phi) is 4.37. The van der Waals surface area contributed by atoms with Crippen LogP contribution >= 0.6 is 0 Å². The van der Waals surface area contributed by atoms with E-state index in [1.54, 1.807) is 0 Å². The Morgan fingerprint density at radius 2 is 2.22 bits per heavy atom. The summed E-state index contributed by atoms with van der Waals surface area (Å²) in [6.07, 6.45) is 6.39. The first-order valence-electron chi connectivity index (χ1n) is 6.54. The molecule has 2 heterocycles. The molecule has 18 heavy (non-hydrogen) atoms. The number of rotatable bonds is 5. The average molecular weight is 253 g/mol. The van der Waals surface area contributed by atoms with Crippen LogP contribution in [-0.2, 0) is 18.2 Å². The Morgan fingerprint density at radius 1 is 1.50 bits per heavy atom. The van der Waals surface area contributed by atoms with Crippen molar-refractivity contribution < 1.29 is 9.84 Å². The van der Waals surface area contributed by atoms with E-state index in [2.05, 4.69) is 17.0 Å². The number of nitrogens with zero attached hydrogens (tertiary/aromatic N) is 3. The van der Waals surface area contributed by atoms with Crippen LogP contribution in [0.25, 0.3) is 0 Å². The molecule has 0 unspecified atom stereocenters. The summed E-state index contributed by atoms with van der Waals surface area (Å²) in [4.78, 5) is 2.19. The van der Waals surface area contributed by atoms with Crippen molar-refractivity contribution in [2.24, 2.45) is 7.05 Å². The molecule has 0 bridgehead atoms. The molecule has 102 valence electrons. The molecule has 1 aliphatic heterocycles. The normalized spacial score (nSPS) is 19.3. The van der Waals surface area contributed by atoms with E-state index < -0.39 is 5.60 Å². The van der Waals surface area contributed by atoms with Gasteiger partial charge in [-0.2, -0.15) is 5.10 Å². The zero-order chi connectivity index (χ0) is 13.0. The third-order valence-electron chi connectivity index (χ3n) is 3.53. The molecule has 0 atom stereocenters. The molecule has 0 aromatic carbocycles. The van der Waals surface area contributed by atoms with Crippen LogP contribution in [0, 0.1) is 0 Å². The summed E-state index contributed by atoms with van der Waals surface area (Å²) in [6.45, 7) is 3.01. The number of aromatic nitrogens is 2. The molecule has 0 aliphatic carbocycles. The van der Waals surface area contributed by atoms with Crippen molar-refractivity contribution in [3.8, 4) is 0 Å². The molecular formula is C13H23N3O2. The number of aliphatic hydroxyl groups is 1. The maximum Gasteiger partial charge on any atom is 0.0817 e. The predicted molar refractivity (Wildman–Crippen MR) is 69.4 cm³/mol. The Morgan fingerprint density at radius 3 is 2.83 bits per heavy atom. The molecule has 0 spiro atoms. The van der Waals surface area contributed by atoms with Gasteiger partial charge in [0, 0.05) is 52.4 Å². The van der Waals surface area contributed by atoms with Crippen LogP contribution in [-0.4, -0.2) is 58.7 Å². The highest BCUT2D eigenvalue weighted by Gasteiger charge is 2.30. The van der Waals surface area contributed by atoms with Gasteiger partial charge in [-0.25, -0.2) is 0 Å². The number of hydrogen-bond donors (Lipinski definition) is 1. The Bertz CT molecular complexity index is 372. The van der Waals surface area contributed by atoms with Gasteiger partial charge in [0.2, 0.25) is 0 Å². The molecule has 5 heteroatoms. The van der Waals surface area contributed by atoms with Crippen LogP contribution in [0.4, 0.5) is 0 Å². The fourth-order valence-electron chi connectivity index (χ4n) is 2.41. The molecule has 0 saturated carbocycles. The summed E-state index contributed by atoms with van der Waals surface area (Å²) in [5, 5.41) is 14.6. The number of aryl methyl sites for hydroxylation is 1. The van der Waals surface area contributed by atoms with E-state index >= 15 is 0 Å². The van der Waals surface area contributed by atoms with Crippen LogP contribution in [0.5, 0.6) is 0 Å². The summed E-state index contributed by atoms with van der Waals surface area (Å²) in [5.74, 6) is 0. The Labute approximate surface area is 108 Å². The first kappa shape index (κ1) is 13.5. The second-order valence-electron chi connectivity index (χ2n) is 5.35. The van der Waals surface area contributed by atoms with Crippen LogP contribution in [0.1, 0.15) is 18.4 Å². The fraction of sp³-hybridized carbons (Fsp3) is 0.769. The first-order valence-corrected chi connectivity index (χ1v) is 6.54. The van der Waals surface area contributed by atoms with E-state index in [-0.39, 0.29) is 0 Å². The lowest BCUT2D eigenvalue weighted by Crippen LogP contribution is -2.46. The highest BCUT2D eigenvalue weighted by molar-refractivity contribution is 5.04. The van der Waals surface area contributed by atoms with Gasteiger partial charge in [0.15, 0.2) is 0 Å². The lowest BCUT2D eigenvalue weighted by molar-refractivity contribution is -0.0767. The van der Waals surface area contributed by atoms with Gasteiger partial charge >= 0.3 is 0 Å². The van der Waals surface area contributed by atoms with Crippen molar-refractivity contribution >= 4 is 0 Å². The molecule has 0 radical (unpaired) electrons. The minimum atomic E-state index is -0.568. The van der Waals surface area contributed by atoms with Crippen LogP contribution in [0.15, 0.2) is 12.4 Å². The van der Waals surface area contributed by atoms with Gasteiger partial charge in [0.1, 0.15) is 0 Å². The van der Waals surface area contributed by atoms with Crippen LogP contribution in [0.3, 0.4) is 0 Å². The van der Waals surface area contributed by atoms with E-state index in [0.29, 0.717) is 13.2 Å². The molecule has 5 nitrogen and oxygen atoms in total. The number of hydrogen-bond acceptors (Lipinski definition) is 4. The standard InChI is InChI=1S/C13H23N3O2/c1-15(6-3-12-9-14-16(2)10-12)11-13(17)4-7-18-8-5-13/h9-10,17H,3-8,11H2,1-2H3. The second kappa shape index (κ2) is 5.82. The second-order valence-corrected chi connectivity index (χ2v) is 5.35. The minimum Gasteiger partial charge on any atom is -0.388 e. The van der Waals surface area contributed by atoms with Crippen molar-refractivity contribution in [3.63, 3.8) is 0 Å². The van der Waals surface area contributed by atoms with Gasteiger partial charge in [-0.15, -0.1) is 0 Å². The predicted octanol–water partition coefficient (Wildman–Crippen LogP) is 0.436. The van der Waals surface area contributed by atoms with Gasteiger partial charge in [0.05, 0.1) is 11.8 Å². The number of ether oxygens (including phenoxy) is 1. The zero-order valence-corrected chi connectivity index (χ0v) is 11.3. The monoisotopic (exact) mass is 253 g/mol. The maximum atomic E-state index is 10.4. The Hall–Kier alpha value is -0.910. The van der Waals surface area contributed by atoms with Crippen molar-refractivity contribution in [1.29, 1.82) is 0 Å². The van der Waals surface area contributed by atoms with Gasteiger partial charge in [-0.05, 0) is 19.0 Å². The smallest absolute Gasteiger partial charge is 0.0817 e. The molecule has 1 saturated heterocycles. The molecule has 0 amide bonds. The van der Waals surface area contributed by atoms with Crippen molar-refractivity contribution in [2.45, 2.75) is 24.9 Å². The van der Waals surface area contributed by atoms with E-state index in [0.717, 1.165) is 32.4 Å². The third kappa shape index (κ3) is 3.80. The molecular weight excluding hydrogens is 230 g/mol. The fourth-order valence-corrected chi connectivity index (χ4v) is 2.41. The topological polar surface area (TPSA) is 50.5 Å². The molecule has 1 N–H and O–H groups in total. The van der Waals surface area contributed by atoms with Gasteiger partial charge < -0.3 is 14.7 Å². The summed E-state index contributed by atoms with van der Waals surface area (Å²) < 4.78 is 7.11. The largest absolute Gasteiger partial charge is 0.388 e. The maximum absolute atomic E-state index is 10.4. The highest BCUT2D eigenvalue weighted by atomic mass is 16.5. The van der Waals surface area contributed by atoms with Crippen molar-refractivity contribution in [2.75, 3.05) is 33.4 Å². The summed E-state index contributed by atoms with van der Waals surface area (Å²) in [5.41, 5.74) is 0.672. The zero-order valence-electron chi connectivity index (χ0n) is 11.3. The minimum absolute atomic E-state index is 0.568. The van der Waals surface area contributed by atoms with E-state index in [1.807, 2.05) is 24.1 Å². The van der Waals surface area contributed by atoms with Gasteiger partial charge in [-0.3, -0.25) is 4.68 Å². The third-order valence-corrected chi connectivity index (χ3v) is 3.53. The van der Waals surface area contributed by atoms with Gasteiger partial charge in [-0.1, -0.05) is 0 Å². The number of likely N-dealkylation sites (N-methyl/N-ethyl adjacent to an activating group) is 1. The van der Waals surface area contributed by atoms with Crippen molar-refractivity contribution in [3.05, 3.63) is 18.0 Å². The van der Waals surface area contributed by atoms with E-state index in [9.17, 15) is 5.11 Å². The van der Waals surface area contributed by atoms with E-state index in [4.69, 9.17) is 4.74 Å². The van der Waals surface area contributed by atoms with Crippen LogP contribution in [0.2, 0.25) is 0 Å². The first-order chi connectivity index (χ1) is 8.57.